The summed E-state index contributed by atoms with van der Waals surface area (Å²) in [6.45, 7) is 7.59. The summed E-state index contributed by atoms with van der Waals surface area (Å²) in [5, 5.41) is 19.8. The SMILES string of the molecule is CC(C)(CC(=O)SSC(=O)CC(C)(C)c1ccccc1O)c1ccccc1O. The van der Waals surface area contributed by atoms with Crippen LogP contribution in [0.15, 0.2) is 48.5 Å². The van der Waals surface area contributed by atoms with Crippen LogP contribution in [0, 0.1) is 0 Å². The average molecular weight is 419 g/mol. The number of carbonyl (C=O) groups is 2. The van der Waals surface area contributed by atoms with Crippen molar-refractivity contribution in [3.05, 3.63) is 59.7 Å². The molecule has 0 amide bonds. The molecule has 6 heteroatoms. The normalized spacial score (nSPS) is 12.0. The van der Waals surface area contributed by atoms with Crippen molar-refractivity contribution in [1.82, 2.24) is 0 Å². The van der Waals surface area contributed by atoms with Crippen molar-refractivity contribution in [3.63, 3.8) is 0 Å². The fourth-order valence-corrected chi connectivity index (χ4v) is 5.09. The van der Waals surface area contributed by atoms with Crippen LogP contribution >= 0.6 is 21.6 Å². The highest BCUT2D eigenvalue weighted by atomic mass is 33.1. The van der Waals surface area contributed by atoms with Crippen LogP contribution in [0.25, 0.3) is 0 Å². The van der Waals surface area contributed by atoms with E-state index in [0.717, 1.165) is 21.6 Å². The van der Waals surface area contributed by atoms with Gasteiger partial charge >= 0.3 is 0 Å². The van der Waals surface area contributed by atoms with E-state index in [1.165, 1.54) is 0 Å². The van der Waals surface area contributed by atoms with Gasteiger partial charge in [0.2, 0.25) is 10.2 Å². The number of hydrogen-bond acceptors (Lipinski definition) is 6. The van der Waals surface area contributed by atoms with E-state index in [0.29, 0.717) is 11.1 Å². The van der Waals surface area contributed by atoms with Crippen LogP contribution in [0.1, 0.15) is 51.7 Å². The predicted octanol–water partition coefficient (Wildman–Crippen LogP) is 5.57. The molecule has 0 saturated carbocycles. The van der Waals surface area contributed by atoms with Gasteiger partial charge in [0.25, 0.3) is 0 Å². The average Bonchev–Trinajstić information content (AvgIpc) is 2.59. The largest absolute Gasteiger partial charge is 0.508 e. The van der Waals surface area contributed by atoms with E-state index >= 15 is 0 Å². The van der Waals surface area contributed by atoms with E-state index in [1.54, 1.807) is 36.4 Å². The molecule has 0 atom stereocenters. The first-order chi connectivity index (χ1) is 13.0. The smallest absolute Gasteiger partial charge is 0.200 e. The Hall–Kier alpha value is -1.92. The highest BCUT2D eigenvalue weighted by molar-refractivity contribution is 8.87. The van der Waals surface area contributed by atoms with Gasteiger partial charge in [-0.25, -0.2) is 0 Å². The number of benzene rings is 2. The van der Waals surface area contributed by atoms with Crippen LogP contribution in [0.3, 0.4) is 0 Å². The molecule has 0 aliphatic rings. The van der Waals surface area contributed by atoms with Crippen molar-refractivity contribution >= 4 is 31.8 Å². The molecular formula is C22H26O4S2. The quantitative estimate of drug-likeness (QED) is 0.598. The van der Waals surface area contributed by atoms with Crippen LogP contribution in [0.5, 0.6) is 11.5 Å². The molecule has 0 radical (unpaired) electrons. The lowest BCUT2D eigenvalue weighted by molar-refractivity contribution is -0.113. The summed E-state index contributed by atoms with van der Waals surface area (Å²) < 4.78 is 0. The fraction of sp³-hybridized carbons (Fsp3) is 0.364. The van der Waals surface area contributed by atoms with E-state index in [2.05, 4.69) is 0 Å². The molecule has 0 aliphatic carbocycles. The number of phenols is 2. The first-order valence-electron chi connectivity index (χ1n) is 9.00. The number of rotatable bonds is 6. The van der Waals surface area contributed by atoms with Gasteiger partial charge in [0.1, 0.15) is 11.5 Å². The summed E-state index contributed by atoms with van der Waals surface area (Å²) in [5.74, 6) is 0.330. The molecule has 0 aliphatic heterocycles. The molecule has 0 unspecified atom stereocenters. The lowest BCUT2D eigenvalue weighted by atomic mass is 9.81. The van der Waals surface area contributed by atoms with Crippen molar-refractivity contribution in [2.45, 2.75) is 51.4 Å². The summed E-state index contributed by atoms with van der Waals surface area (Å²) in [7, 11) is 1.87. The van der Waals surface area contributed by atoms with Gasteiger partial charge in [-0.05, 0) is 44.8 Å². The molecule has 0 fully saturated rings. The molecule has 2 aromatic rings. The third kappa shape index (κ3) is 5.79. The third-order valence-electron chi connectivity index (χ3n) is 4.67. The summed E-state index contributed by atoms with van der Waals surface area (Å²) in [6, 6.07) is 14.0. The molecular weight excluding hydrogens is 392 g/mol. The molecule has 0 aromatic heterocycles. The number of aromatic hydroxyl groups is 2. The topological polar surface area (TPSA) is 74.6 Å². The van der Waals surface area contributed by atoms with Gasteiger partial charge in [-0.2, -0.15) is 0 Å². The summed E-state index contributed by atoms with van der Waals surface area (Å²) in [6.07, 6.45) is 0.413. The molecule has 28 heavy (non-hydrogen) atoms. The molecule has 0 spiro atoms. The standard InChI is InChI=1S/C22H26O4S2/c1-21(2,15-9-5-7-11-17(15)23)13-19(25)27-28-20(26)14-22(3,4)16-10-6-8-12-18(16)24/h5-12,23-24H,13-14H2,1-4H3. The Morgan fingerprint density at radius 2 is 1.04 bits per heavy atom. The molecule has 2 N–H and O–H groups in total. The summed E-state index contributed by atoms with van der Waals surface area (Å²) in [5.41, 5.74) is 0.351. The van der Waals surface area contributed by atoms with E-state index in [-0.39, 0.29) is 34.6 Å². The number of carbonyl (C=O) groups excluding carboxylic acids is 2. The van der Waals surface area contributed by atoms with E-state index in [9.17, 15) is 19.8 Å². The third-order valence-corrected chi connectivity index (χ3v) is 6.78. The zero-order chi connectivity index (χ0) is 20.9. The van der Waals surface area contributed by atoms with Gasteiger partial charge in [-0.1, -0.05) is 64.1 Å². The van der Waals surface area contributed by atoms with E-state index < -0.39 is 10.8 Å². The van der Waals surface area contributed by atoms with Crippen LogP contribution < -0.4 is 0 Å². The van der Waals surface area contributed by atoms with Crippen LogP contribution in [-0.4, -0.2) is 20.4 Å². The zero-order valence-electron chi connectivity index (χ0n) is 16.6. The summed E-state index contributed by atoms with van der Waals surface area (Å²) >= 11 is 0. The van der Waals surface area contributed by atoms with Crippen molar-refractivity contribution < 1.29 is 19.8 Å². The highest BCUT2D eigenvalue weighted by Gasteiger charge is 2.30. The molecule has 4 nitrogen and oxygen atoms in total. The minimum atomic E-state index is -0.534. The second kappa shape index (κ2) is 9.05. The maximum absolute atomic E-state index is 12.4. The van der Waals surface area contributed by atoms with Crippen LogP contribution in [-0.2, 0) is 20.4 Å². The van der Waals surface area contributed by atoms with Gasteiger partial charge in [-0.3, -0.25) is 9.59 Å². The predicted molar refractivity (Wildman–Crippen MR) is 117 cm³/mol. The maximum Gasteiger partial charge on any atom is 0.200 e. The second-order valence-corrected chi connectivity index (χ2v) is 10.3. The Kier molecular flexibility index (Phi) is 7.23. The van der Waals surface area contributed by atoms with Gasteiger partial charge in [0.15, 0.2) is 0 Å². The van der Waals surface area contributed by atoms with Crippen molar-refractivity contribution in [2.75, 3.05) is 0 Å². The Balaban J connectivity index is 1.93. The second-order valence-electron chi connectivity index (χ2n) is 8.07. The van der Waals surface area contributed by atoms with Gasteiger partial charge < -0.3 is 10.2 Å². The Morgan fingerprint density at radius 3 is 1.36 bits per heavy atom. The Morgan fingerprint density at radius 1 is 0.714 bits per heavy atom. The fourth-order valence-electron chi connectivity index (χ4n) is 3.16. The first kappa shape index (κ1) is 22.4. The monoisotopic (exact) mass is 418 g/mol. The number of para-hydroxylation sites is 2. The highest BCUT2D eigenvalue weighted by Crippen LogP contribution is 2.39. The first-order valence-corrected chi connectivity index (χ1v) is 11.1. The van der Waals surface area contributed by atoms with Gasteiger partial charge in [0, 0.05) is 23.7 Å². The maximum atomic E-state index is 12.4. The minimum Gasteiger partial charge on any atom is -0.508 e. The lowest BCUT2D eigenvalue weighted by Gasteiger charge is -2.26. The van der Waals surface area contributed by atoms with E-state index in [4.69, 9.17) is 0 Å². The molecule has 0 bridgehead atoms. The number of phenolic OH excluding ortho intramolecular Hbond substituents is 2. The Labute approximate surface area is 174 Å². The van der Waals surface area contributed by atoms with Crippen molar-refractivity contribution in [1.29, 1.82) is 0 Å². The minimum absolute atomic E-state index is 0.119. The van der Waals surface area contributed by atoms with Crippen molar-refractivity contribution in [3.8, 4) is 11.5 Å². The molecule has 0 heterocycles. The van der Waals surface area contributed by atoms with E-state index in [1.807, 2.05) is 39.8 Å². The van der Waals surface area contributed by atoms with Gasteiger partial charge in [0.05, 0.1) is 0 Å². The molecule has 2 rings (SSSR count). The van der Waals surface area contributed by atoms with Crippen LogP contribution in [0.2, 0.25) is 0 Å². The Bertz CT molecular complexity index is 788. The zero-order valence-corrected chi connectivity index (χ0v) is 18.2. The molecule has 0 saturated heterocycles. The molecule has 2 aromatic carbocycles. The lowest BCUT2D eigenvalue weighted by Crippen LogP contribution is -2.21. The molecule has 150 valence electrons. The van der Waals surface area contributed by atoms with Gasteiger partial charge in [-0.15, -0.1) is 0 Å². The number of hydrogen-bond donors (Lipinski definition) is 2. The van der Waals surface area contributed by atoms with Crippen molar-refractivity contribution in [2.24, 2.45) is 0 Å². The van der Waals surface area contributed by atoms with Crippen LogP contribution in [0.4, 0.5) is 0 Å². The summed E-state index contributed by atoms with van der Waals surface area (Å²) in [4.78, 5) is 24.8.